The number of aliphatic carboxylic acids is 1. The van der Waals surface area contributed by atoms with Gasteiger partial charge in [0.05, 0.1) is 0 Å². The van der Waals surface area contributed by atoms with Crippen LogP contribution in [0, 0.1) is 5.92 Å². The van der Waals surface area contributed by atoms with Gasteiger partial charge in [0.2, 0.25) is 0 Å². The molecule has 0 aliphatic heterocycles. The highest BCUT2D eigenvalue weighted by molar-refractivity contribution is 7.10. The number of carboxylic acid groups (broad SMARTS) is 1. The zero-order valence-corrected chi connectivity index (χ0v) is 12.5. The lowest BCUT2D eigenvalue weighted by Gasteiger charge is -2.30. The second-order valence-electron chi connectivity index (χ2n) is 5.08. The first-order chi connectivity index (χ1) is 8.97. The van der Waals surface area contributed by atoms with Crippen molar-refractivity contribution in [2.24, 2.45) is 5.92 Å². The number of nitrogens with one attached hydrogen (secondary N) is 1. The summed E-state index contributed by atoms with van der Waals surface area (Å²) in [4.78, 5) is 12.1. The van der Waals surface area contributed by atoms with Gasteiger partial charge in [0.15, 0.2) is 0 Å². The molecule has 4 nitrogen and oxygen atoms in total. The van der Waals surface area contributed by atoms with Gasteiger partial charge in [-0.05, 0) is 23.8 Å². The van der Waals surface area contributed by atoms with E-state index in [9.17, 15) is 15.0 Å². The van der Waals surface area contributed by atoms with Gasteiger partial charge in [-0.2, -0.15) is 0 Å². The summed E-state index contributed by atoms with van der Waals surface area (Å²) in [5, 5.41) is 24.6. The van der Waals surface area contributed by atoms with Crippen molar-refractivity contribution in [3.8, 4) is 0 Å². The van der Waals surface area contributed by atoms with Crippen LogP contribution >= 0.6 is 11.3 Å². The maximum Gasteiger partial charge on any atom is 0.320 e. The molecule has 1 aromatic rings. The van der Waals surface area contributed by atoms with E-state index in [-0.39, 0.29) is 12.0 Å². The van der Waals surface area contributed by atoms with Crippen LogP contribution in [0.25, 0.3) is 0 Å². The highest BCUT2D eigenvalue weighted by Crippen LogP contribution is 2.26. The topological polar surface area (TPSA) is 69.6 Å². The van der Waals surface area contributed by atoms with E-state index in [0.717, 1.165) is 11.3 Å². The molecule has 3 unspecified atom stereocenters. The minimum Gasteiger partial charge on any atom is -0.480 e. The third kappa shape index (κ3) is 4.60. The van der Waals surface area contributed by atoms with Crippen LogP contribution in [0.15, 0.2) is 17.5 Å². The molecule has 0 amide bonds. The van der Waals surface area contributed by atoms with Gasteiger partial charge in [-0.3, -0.25) is 10.1 Å². The number of hydrogen-bond donors (Lipinski definition) is 3. The van der Waals surface area contributed by atoms with Gasteiger partial charge in [-0.25, -0.2) is 0 Å². The molecule has 3 N–H and O–H groups in total. The lowest BCUT2D eigenvalue weighted by atomic mass is 9.95. The largest absolute Gasteiger partial charge is 0.480 e. The molecule has 0 fully saturated rings. The minimum atomic E-state index is -0.856. The SMILES string of the molecule is CCCC(NC(C(C)C)C(O)c1cccs1)C(=O)O. The lowest BCUT2D eigenvalue weighted by molar-refractivity contribution is -0.140. The summed E-state index contributed by atoms with van der Waals surface area (Å²) in [6.07, 6.45) is 0.693. The van der Waals surface area contributed by atoms with E-state index in [0.29, 0.717) is 6.42 Å². The quantitative estimate of drug-likeness (QED) is 0.687. The highest BCUT2D eigenvalue weighted by Gasteiger charge is 2.29. The summed E-state index contributed by atoms with van der Waals surface area (Å²) in [6, 6.07) is 2.90. The van der Waals surface area contributed by atoms with Crippen LogP contribution in [-0.2, 0) is 4.79 Å². The molecule has 1 aromatic heterocycles. The van der Waals surface area contributed by atoms with Crippen LogP contribution in [0.2, 0.25) is 0 Å². The molecule has 5 heteroatoms. The van der Waals surface area contributed by atoms with E-state index in [1.165, 1.54) is 11.3 Å². The van der Waals surface area contributed by atoms with Crippen molar-refractivity contribution in [3.05, 3.63) is 22.4 Å². The zero-order valence-electron chi connectivity index (χ0n) is 11.7. The third-order valence-corrected chi connectivity index (χ3v) is 4.11. The maximum absolute atomic E-state index is 11.2. The summed E-state index contributed by atoms with van der Waals surface area (Å²) in [5.74, 6) is -0.707. The molecule has 0 spiro atoms. The Hall–Kier alpha value is -0.910. The molecule has 0 aliphatic carbocycles. The van der Waals surface area contributed by atoms with Crippen molar-refractivity contribution in [2.45, 2.75) is 51.8 Å². The second kappa shape index (κ2) is 7.62. The summed E-state index contributed by atoms with van der Waals surface area (Å²) < 4.78 is 0. The van der Waals surface area contributed by atoms with Gasteiger partial charge < -0.3 is 10.2 Å². The van der Waals surface area contributed by atoms with Gasteiger partial charge >= 0.3 is 5.97 Å². The van der Waals surface area contributed by atoms with E-state index < -0.39 is 18.1 Å². The second-order valence-corrected chi connectivity index (χ2v) is 6.06. The normalized spacial score (nSPS) is 16.3. The molecule has 1 heterocycles. The molecule has 3 atom stereocenters. The summed E-state index contributed by atoms with van der Waals surface area (Å²) in [6.45, 7) is 5.93. The van der Waals surface area contributed by atoms with Crippen LogP contribution in [0.1, 0.15) is 44.6 Å². The van der Waals surface area contributed by atoms with Crippen LogP contribution in [0.3, 0.4) is 0 Å². The first-order valence-corrected chi connectivity index (χ1v) is 7.55. The van der Waals surface area contributed by atoms with Crippen molar-refractivity contribution in [1.82, 2.24) is 5.32 Å². The van der Waals surface area contributed by atoms with Crippen molar-refractivity contribution in [2.75, 3.05) is 0 Å². The van der Waals surface area contributed by atoms with E-state index in [2.05, 4.69) is 5.32 Å². The molecule has 108 valence electrons. The molecular weight excluding hydrogens is 262 g/mol. The molecule has 19 heavy (non-hydrogen) atoms. The van der Waals surface area contributed by atoms with Gasteiger partial charge in [0.25, 0.3) is 0 Å². The number of rotatable bonds is 8. The molecular formula is C14H23NO3S. The first-order valence-electron chi connectivity index (χ1n) is 6.67. The maximum atomic E-state index is 11.2. The smallest absolute Gasteiger partial charge is 0.320 e. The molecule has 0 saturated carbocycles. The Morgan fingerprint density at radius 2 is 2.16 bits per heavy atom. The van der Waals surface area contributed by atoms with Crippen LogP contribution in [0.4, 0.5) is 0 Å². The Morgan fingerprint density at radius 3 is 2.58 bits per heavy atom. The fourth-order valence-electron chi connectivity index (χ4n) is 2.08. The number of aliphatic hydroxyl groups is 1. The Kier molecular flexibility index (Phi) is 6.48. The molecule has 1 rings (SSSR count). The van der Waals surface area contributed by atoms with E-state index in [4.69, 9.17) is 0 Å². The van der Waals surface area contributed by atoms with E-state index in [1.54, 1.807) is 0 Å². The Bertz CT molecular complexity index is 378. The average molecular weight is 285 g/mol. The van der Waals surface area contributed by atoms with Gasteiger partial charge in [-0.1, -0.05) is 33.3 Å². The van der Waals surface area contributed by atoms with E-state index >= 15 is 0 Å². The molecule has 0 aliphatic rings. The van der Waals surface area contributed by atoms with Crippen LogP contribution < -0.4 is 5.32 Å². The zero-order chi connectivity index (χ0) is 14.4. The van der Waals surface area contributed by atoms with Crippen molar-refractivity contribution in [1.29, 1.82) is 0 Å². The number of carbonyl (C=O) groups is 1. The Balaban J connectivity index is 2.79. The summed E-state index contributed by atoms with van der Waals surface area (Å²) >= 11 is 1.49. The number of thiophene rings is 1. The van der Waals surface area contributed by atoms with Gasteiger partial charge in [-0.15, -0.1) is 11.3 Å². The monoisotopic (exact) mass is 285 g/mol. The number of aliphatic hydroxyl groups excluding tert-OH is 1. The van der Waals surface area contributed by atoms with Crippen molar-refractivity contribution < 1.29 is 15.0 Å². The Morgan fingerprint density at radius 1 is 1.47 bits per heavy atom. The standard InChI is InChI=1S/C14H23NO3S/c1-4-6-10(14(17)18)15-12(9(2)3)13(16)11-7-5-8-19-11/h5,7-10,12-13,15-16H,4,6H2,1-3H3,(H,17,18). The van der Waals surface area contributed by atoms with Crippen molar-refractivity contribution in [3.63, 3.8) is 0 Å². The molecule has 0 aromatic carbocycles. The lowest BCUT2D eigenvalue weighted by Crippen LogP contribution is -2.48. The van der Waals surface area contributed by atoms with Gasteiger partial charge in [0.1, 0.15) is 12.1 Å². The highest BCUT2D eigenvalue weighted by atomic mass is 32.1. The van der Waals surface area contributed by atoms with Crippen LogP contribution in [-0.4, -0.2) is 28.3 Å². The molecule has 0 radical (unpaired) electrons. The number of carboxylic acids is 1. The van der Waals surface area contributed by atoms with Gasteiger partial charge in [0, 0.05) is 10.9 Å². The first kappa shape index (κ1) is 16.1. The van der Waals surface area contributed by atoms with Crippen molar-refractivity contribution >= 4 is 17.3 Å². The fourth-order valence-corrected chi connectivity index (χ4v) is 2.84. The van der Waals surface area contributed by atoms with E-state index in [1.807, 2.05) is 38.3 Å². The Labute approximate surface area is 118 Å². The average Bonchev–Trinajstić information content (AvgIpc) is 2.86. The predicted molar refractivity (Wildman–Crippen MR) is 77.4 cm³/mol. The molecule has 0 saturated heterocycles. The summed E-state index contributed by atoms with van der Waals surface area (Å²) in [7, 11) is 0. The minimum absolute atomic E-state index is 0.149. The fraction of sp³-hybridized carbons (Fsp3) is 0.643. The predicted octanol–water partition coefficient (Wildman–Crippen LogP) is 2.65. The van der Waals surface area contributed by atoms with Crippen LogP contribution in [0.5, 0.6) is 0 Å². The third-order valence-electron chi connectivity index (χ3n) is 3.16. The summed E-state index contributed by atoms with van der Waals surface area (Å²) in [5.41, 5.74) is 0. The number of hydrogen-bond acceptors (Lipinski definition) is 4. The molecule has 0 bridgehead atoms.